The van der Waals surface area contributed by atoms with Gasteiger partial charge in [-0.2, -0.15) is 0 Å². The number of nitrogens with zero attached hydrogens (tertiary/aromatic N) is 4. The number of hydrogen-bond donors (Lipinski definition) is 1. The van der Waals surface area contributed by atoms with Crippen LogP contribution in [0.15, 0.2) is 24.5 Å². The van der Waals surface area contributed by atoms with E-state index in [9.17, 15) is 0 Å². The molecule has 21 heavy (non-hydrogen) atoms. The molecule has 1 aromatic heterocycles. The molecule has 2 aliphatic heterocycles. The summed E-state index contributed by atoms with van der Waals surface area (Å²) >= 11 is 0. The number of benzene rings is 1. The highest BCUT2D eigenvalue weighted by Gasteiger charge is 2.35. The van der Waals surface area contributed by atoms with Crippen LogP contribution in [0.2, 0.25) is 0 Å². The van der Waals surface area contributed by atoms with E-state index in [0.717, 1.165) is 41.5 Å². The van der Waals surface area contributed by atoms with Gasteiger partial charge in [-0.1, -0.05) is 0 Å². The third-order valence-corrected chi connectivity index (χ3v) is 5.09. The molecular formula is C16H21N5. The molecule has 2 aliphatic rings. The lowest BCUT2D eigenvalue weighted by molar-refractivity contribution is 0.254. The minimum atomic E-state index is 0.649. The SMILES string of the molecule is CN1C2CCC1CN(c1ncnc3cc(N)ccc13)CC2. The third-order valence-electron chi connectivity index (χ3n) is 5.09. The molecule has 4 rings (SSSR count). The molecule has 0 spiro atoms. The molecule has 0 amide bonds. The van der Waals surface area contributed by atoms with Gasteiger partial charge in [0.2, 0.25) is 0 Å². The normalized spacial score (nSPS) is 26.2. The topological polar surface area (TPSA) is 58.3 Å². The largest absolute Gasteiger partial charge is 0.399 e. The summed E-state index contributed by atoms with van der Waals surface area (Å²) in [7, 11) is 2.27. The molecule has 2 bridgehead atoms. The molecule has 2 aromatic rings. The van der Waals surface area contributed by atoms with E-state index < -0.39 is 0 Å². The minimum absolute atomic E-state index is 0.649. The van der Waals surface area contributed by atoms with Crippen molar-refractivity contribution < 1.29 is 0 Å². The van der Waals surface area contributed by atoms with Crippen molar-refractivity contribution in [1.82, 2.24) is 14.9 Å². The highest BCUT2D eigenvalue weighted by Crippen LogP contribution is 2.32. The summed E-state index contributed by atoms with van der Waals surface area (Å²) in [6, 6.07) is 7.30. The van der Waals surface area contributed by atoms with Crippen LogP contribution in [0.3, 0.4) is 0 Å². The summed E-state index contributed by atoms with van der Waals surface area (Å²) in [6.45, 7) is 2.13. The molecule has 2 N–H and O–H groups in total. The van der Waals surface area contributed by atoms with E-state index in [-0.39, 0.29) is 0 Å². The quantitative estimate of drug-likeness (QED) is 0.810. The van der Waals surface area contributed by atoms with Crippen LogP contribution in [0.5, 0.6) is 0 Å². The van der Waals surface area contributed by atoms with Gasteiger partial charge in [-0.05, 0) is 44.5 Å². The molecule has 5 nitrogen and oxygen atoms in total. The highest BCUT2D eigenvalue weighted by atomic mass is 15.3. The van der Waals surface area contributed by atoms with Gasteiger partial charge in [-0.25, -0.2) is 9.97 Å². The van der Waals surface area contributed by atoms with Gasteiger partial charge < -0.3 is 10.6 Å². The summed E-state index contributed by atoms with van der Waals surface area (Å²) in [5, 5.41) is 1.10. The molecule has 5 heteroatoms. The summed E-state index contributed by atoms with van der Waals surface area (Å²) in [6.07, 6.45) is 5.52. The van der Waals surface area contributed by atoms with Gasteiger partial charge in [0.05, 0.1) is 5.52 Å². The van der Waals surface area contributed by atoms with E-state index in [1.54, 1.807) is 6.33 Å². The van der Waals surface area contributed by atoms with Gasteiger partial charge in [0.1, 0.15) is 12.1 Å². The Morgan fingerprint density at radius 1 is 1.14 bits per heavy atom. The van der Waals surface area contributed by atoms with E-state index in [1.807, 2.05) is 18.2 Å². The monoisotopic (exact) mass is 283 g/mol. The standard InChI is InChI=1S/C16H21N5/c1-20-12-3-4-13(20)9-21(7-6-12)16-14-5-2-11(17)8-15(14)18-10-19-16/h2,5,8,10,12-13H,3-4,6-7,9,17H2,1H3. The van der Waals surface area contributed by atoms with Gasteiger partial charge in [0, 0.05) is 36.2 Å². The molecule has 2 saturated heterocycles. The zero-order chi connectivity index (χ0) is 14.4. The van der Waals surface area contributed by atoms with E-state index >= 15 is 0 Å². The second-order valence-electron chi connectivity index (χ2n) is 6.26. The molecule has 0 saturated carbocycles. The van der Waals surface area contributed by atoms with Crippen molar-refractivity contribution >= 4 is 22.4 Å². The number of fused-ring (bicyclic) bond motifs is 3. The lowest BCUT2D eigenvalue weighted by Gasteiger charge is -2.27. The van der Waals surface area contributed by atoms with Crippen molar-refractivity contribution in [3.63, 3.8) is 0 Å². The molecule has 0 aliphatic carbocycles. The first-order valence-electron chi connectivity index (χ1n) is 7.69. The fraction of sp³-hybridized carbons (Fsp3) is 0.500. The Balaban J connectivity index is 1.73. The lowest BCUT2D eigenvalue weighted by atomic mass is 10.1. The van der Waals surface area contributed by atoms with E-state index in [4.69, 9.17) is 5.73 Å². The van der Waals surface area contributed by atoms with Gasteiger partial charge >= 0.3 is 0 Å². The van der Waals surface area contributed by atoms with Gasteiger partial charge in [-0.15, -0.1) is 0 Å². The van der Waals surface area contributed by atoms with Crippen molar-refractivity contribution in [2.24, 2.45) is 0 Å². The number of nitrogens with two attached hydrogens (primary N) is 1. The maximum Gasteiger partial charge on any atom is 0.139 e. The zero-order valence-corrected chi connectivity index (χ0v) is 12.4. The van der Waals surface area contributed by atoms with Crippen molar-refractivity contribution in [2.45, 2.75) is 31.3 Å². The maximum atomic E-state index is 5.86. The average Bonchev–Trinajstić information content (AvgIpc) is 2.71. The first-order chi connectivity index (χ1) is 10.2. The number of nitrogen functional groups attached to an aromatic ring is 1. The van der Waals surface area contributed by atoms with E-state index in [0.29, 0.717) is 6.04 Å². The molecule has 2 atom stereocenters. The van der Waals surface area contributed by atoms with Crippen LogP contribution in [0.25, 0.3) is 10.9 Å². The van der Waals surface area contributed by atoms with Gasteiger partial charge in [0.25, 0.3) is 0 Å². The van der Waals surface area contributed by atoms with Crippen LogP contribution in [0.1, 0.15) is 19.3 Å². The van der Waals surface area contributed by atoms with Crippen molar-refractivity contribution in [1.29, 1.82) is 0 Å². The molecule has 2 unspecified atom stereocenters. The van der Waals surface area contributed by atoms with E-state index in [1.165, 1.54) is 19.3 Å². The van der Waals surface area contributed by atoms with Gasteiger partial charge in [0.15, 0.2) is 0 Å². The summed E-state index contributed by atoms with van der Waals surface area (Å²) < 4.78 is 0. The van der Waals surface area contributed by atoms with Crippen LogP contribution in [0, 0.1) is 0 Å². The summed E-state index contributed by atoms with van der Waals surface area (Å²) in [4.78, 5) is 13.9. The third kappa shape index (κ3) is 2.12. The minimum Gasteiger partial charge on any atom is -0.399 e. The zero-order valence-electron chi connectivity index (χ0n) is 12.4. The molecule has 0 radical (unpaired) electrons. The molecule has 110 valence electrons. The predicted molar refractivity (Wildman–Crippen MR) is 85.4 cm³/mol. The van der Waals surface area contributed by atoms with Crippen LogP contribution in [0.4, 0.5) is 11.5 Å². The Kier molecular flexibility index (Phi) is 2.96. The molecule has 1 aromatic carbocycles. The van der Waals surface area contributed by atoms with Crippen molar-refractivity contribution in [3.05, 3.63) is 24.5 Å². The predicted octanol–water partition coefficient (Wildman–Crippen LogP) is 1.88. The fourth-order valence-corrected chi connectivity index (χ4v) is 3.81. The van der Waals surface area contributed by atoms with E-state index in [2.05, 4.69) is 26.8 Å². The first kappa shape index (κ1) is 12.8. The van der Waals surface area contributed by atoms with Gasteiger partial charge in [-0.3, -0.25) is 4.90 Å². The molecular weight excluding hydrogens is 262 g/mol. The van der Waals surface area contributed by atoms with Crippen LogP contribution < -0.4 is 10.6 Å². The average molecular weight is 283 g/mol. The number of hydrogen-bond acceptors (Lipinski definition) is 5. The number of aromatic nitrogens is 2. The Labute approximate surface area is 124 Å². The number of rotatable bonds is 1. The second kappa shape index (κ2) is 4.84. The van der Waals surface area contributed by atoms with Crippen molar-refractivity contribution in [3.8, 4) is 0 Å². The Morgan fingerprint density at radius 2 is 2.00 bits per heavy atom. The second-order valence-corrected chi connectivity index (χ2v) is 6.26. The highest BCUT2D eigenvalue weighted by molar-refractivity contribution is 5.91. The number of anilines is 2. The lowest BCUT2D eigenvalue weighted by Crippen LogP contribution is -2.37. The van der Waals surface area contributed by atoms with Crippen LogP contribution in [-0.4, -0.2) is 47.1 Å². The first-order valence-corrected chi connectivity index (χ1v) is 7.69. The van der Waals surface area contributed by atoms with Crippen molar-refractivity contribution in [2.75, 3.05) is 30.8 Å². The van der Waals surface area contributed by atoms with Crippen LogP contribution in [-0.2, 0) is 0 Å². The summed E-state index contributed by atoms with van der Waals surface area (Å²) in [5.74, 6) is 1.06. The Morgan fingerprint density at radius 3 is 2.90 bits per heavy atom. The molecule has 2 fully saturated rings. The smallest absolute Gasteiger partial charge is 0.139 e. The number of likely N-dealkylation sites (N-methyl/N-ethyl adjacent to an activating group) is 1. The fourth-order valence-electron chi connectivity index (χ4n) is 3.81. The van der Waals surface area contributed by atoms with Crippen LogP contribution >= 0.6 is 0 Å². The Hall–Kier alpha value is -1.88. The summed E-state index contributed by atoms with van der Waals surface area (Å²) in [5.41, 5.74) is 7.55. The maximum absolute atomic E-state index is 5.86. The Bertz CT molecular complexity index is 671. The molecule has 3 heterocycles.